The molecule has 25 heavy (non-hydrogen) atoms. The predicted molar refractivity (Wildman–Crippen MR) is 113 cm³/mol. The summed E-state index contributed by atoms with van der Waals surface area (Å²) in [5, 5.41) is 3.46. The highest BCUT2D eigenvalue weighted by Gasteiger charge is 2.13. The molecule has 0 unspecified atom stereocenters. The van der Waals surface area contributed by atoms with Crippen molar-refractivity contribution in [1.29, 1.82) is 0 Å². The van der Waals surface area contributed by atoms with E-state index in [0.717, 1.165) is 5.02 Å². The van der Waals surface area contributed by atoms with Gasteiger partial charge >= 0.3 is 0 Å². The third-order valence-corrected chi connectivity index (χ3v) is 4.58. The molecule has 3 aromatic rings. The van der Waals surface area contributed by atoms with Crippen LogP contribution in [-0.4, -0.2) is 0 Å². The van der Waals surface area contributed by atoms with E-state index in [9.17, 15) is 0 Å². The second-order valence-corrected chi connectivity index (χ2v) is 9.01. The van der Waals surface area contributed by atoms with Crippen LogP contribution in [0.1, 0.15) is 52.7 Å². The van der Waals surface area contributed by atoms with Crippen molar-refractivity contribution in [2.24, 2.45) is 0 Å². The minimum Gasteiger partial charge on any atom is -0.0843 e. The topological polar surface area (TPSA) is 0 Å². The van der Waals surface area contributed by atoms with Crippen molar-refractivity contribution in [2.75, 3.05) is 0 Å². The van der Waals surface area contributed by atoms with Crippen LogP contribution >= 0.6 is 11.6 Å². The summed E-state index contributed by atoms with van der Waals surface area (Å²) < 4.78 is 0. The second-order valence-electron chi connectivity index (χ2n) is 8.57. The van der Waals surface area contributed by atoms with Crippen molar-refractivity contribution in [1.82, 2.24) is 0 Å². The Labute approximate surface area is 157 Å². The van der Waals surface area contributed by atoms with Crippen LogP contribution in [0.15, 0.2) is 66.7 Å². The molecule has 0 heterocycles. The molecule has 0 fully saturated rings. The number of rotatable bonds is 0. The van der Waals surface area contributed by atoms with Crippen molar-refractivity contribution in [2.45, 2.75) is 52.4 Å². The molecule has 0 saturated heterocycles. The van der Waals surface area contributed by atoms with Gasteiger partial charge in [-0.15, -0.1) is 0 Å². The summed E-state index contributed by atoms with van der Waals surface area (Å²) in [7, 11) is 0. The Balaban J connectivity index is 0.000000186. The first-order valence-corrected chi connectivity index (χ1v) is 9.20. The first kappa shape index (κ1) is 19.5. The molecule has 0 aromatic heterocycles. The molecule has 3 rings (SSSR count). The van der Waals surface area contributed by atoms with Gasteiger partial charge in [0.05, 0.1) is 0 Å². The minimum atomic E-state index is 0.227. The third kappa shape index (κ3) is 5.61. The lowest BCUT2D eigenvalue weighted by Crippen LogP contribution is -2.10. The van der Waals surface area contributed by atoms with Gasteiger partial charge in [0, 0.05) is 5.02 Å². The Hall–Kier alpha value is -1.79. The summed E-state index contributed by atoms with van der Waals surface area (Å²) in [5.74, 6) is 0. The SMILES string of the molecule is CC(C)(C)c1ccc(Cl)cc1.CC(C)(C)c1ccc2ccccc2c1. The highest BCUT2D eigenvalue weighted by Crippen LogP contribution is 2.26. The van der Waals surface area contributed by atoms with E-state index in [2.05, 4.69) is 96.1 Å². The maximum atomic E-state index is 5.76. The van der Waals surface area contributed by atoms with Gasteiger partial charge in [0.25, 0.3) is 0 Å². The average Bonchev–Trinajstić information content (AvgIpc) is 2.54. The molecule has 0 bridgehead atoms. The molecule has 0 spiro atoms. The monoisotopic (exact) mass is 352 g/mol. The molecule has 0 amide bonds. The van der Waals surface area contributed by atoms with Crippen LogP contribution in [0.4, 0.5) is 0 Å². The normalized spacial score (nSPS) is 11.8. The van der Waals surface area contributed by atoms with Gasteiger partial charge in [0.2, 0.25) is 0 Å². The zero-order chi connectivity index (χ0) is 18.7. The first-order valence-electron chi connectivity index (χ1n) is 8.83. The number of benzene rings is 3. The largest absolute Gasteiger partial charge is 0.0843 e. The quantitative estimate of drug-likeness (QED) is 0.387. The van der Waals surface area contributed by atoms with Gasteiger partial charge in [-0.25, -0.2) is 0 Å². The Kier molecular flexibility index (Phi) is 5.95. The van der Waals surface area contributed by atoms with Crippen molar-refractivity contribution in [3.05, 3.63) is 82.9 Å². The van der Waals surface area contributed by atoms with Gasteiger partial charge in [-0.2, -0.15) is 0 Å². The Morgan fingerprint density at radius 3 is 1.56 bits per heavy atom. The molecule has 0 N–H and O–H groups in total. The number of hydrogen-bond acceptors (Lipinski definition) is 0. The molecular weight excluding hydrogens is 324 g/mol. The van der Waals surface area contributed by atoms with E-state index in [1.807, 2.05) is 12.1 Å². The summed E-state index contributed by atoms with van der Waals surface area (Å²) >= 11 is 5.76. The van der Waals surface area contributed by atoms with Crippen LogP contribution < -0.4 is 0 Å². The zero-order valence-electron chi connectivity index (χ0n) is 16.2. The lowest BCUT2D eigenvalue weighted by Gasteiger charge is -2.19. The Morgan fingerprint density at radius 1 is 0.560 bits per heavy atom. The highest BCUT2D eigenvalue weighted by molar-refractivity contribution is 6.30. The molecule has 0 aliphatic rings. The fourth-order valence-corrected chi connectivity index (χ4v) is 2.73. The lowest BCUT2D eigenvalue weighted by atomic mass is 9.86. The molecule has 0 radical (unpaired) electrons. The maximum absolute atomic E-state index is 5.76. The van der Waals surface area contributed by atoms with E-state index in [0.29, 0.717) is 0 Å². The van der Waals surface area contributed by atoms with Crippen LogP contribution in [0.5, 0.6) is 0 Å². The predicted octanol–water partition coefficient (Wildman–Crippen LogP) is 7.77. The van der Waals surface area contributed by atoms with Gasteiger partial charge < -0.3 is 0 Å². The Morgan fingerprint density at radius 2 is 1.04 bits per heavy atom. The van der Waals surface area contributed by atoms with E-state index in [4.69, 9.17) is 11.6 Å². The maximum Gasteiger partial charge on any atom is 0.0406 e. The van der Waals surface area contributed by atoms with Crippen LogP contribution in [0.2, 0.25) is 5.02 Å². The summed E-state index contributed by atoms with van der Waals surface area (Å²) in [6.07, 6.45) is 0. The second kappa shape index (κ2) is 7.62. The Bertz CT molecular complexity index is 815. The first-order chi connectivity index (χ1) is 11.6. The fraction of sp³-hybridized carbons (Fsp3) is 0.333. The minimum absolute atomic E-state index is 0.227. The van der Waals surface area contributed by atoms with Crippen LogP contribution in [0, 0.1) is 0 Å². The molecule has 0 aliphatic heterocycles. The smallest absolute Gasteiger partial charge is 0.0406 e. The summed E-state index contributed by atoms with van der Waals surface area (Å²) in [4.78, 5) is 0. The number of fused-ring (bicyclic) bond motifs is 1. The van der Waals surface area contributed by atoms with Crippen LogP contribution in [0.3, 0.4) is 0 Å². The molecule has 3 aromatic carbocycles. The molecular formula is C24H29Cl. The van der Waals surface area contributed by atoms with E-state index in [1.165, 1.54) is 21.9 Å². The number of halogens is 1. The highest BCUT2D eigenvalue weighted by atomic mass is 35.5. The fourth-order valence-electron chi connectivity index (χ4n) is 2.61. The zero-order valence-corrected chi connectivity index (χ0v) is 17.0. The third-order valence-electron chi connectivity index (χ3n) is 4.33. The van der Waals surface area contributed by atoms with E-state index in [1.54, 1.807) is 0 Å². The standard InChI is InChI=1S/C14H16.C10H13Cl/c1-14(2,3)13-9-8-11-6-4-5-7-12(11)10-13;1-10(2,3)8-4-6-9(11)7-5-8/h4-10H,1-3H3;4-7H,1-3H3. The van der Waals surface area contributed by atoms with Crippen molar-refractivity contribution >= 4 is 22.4 Å². The van der Waals surface area contributed by atoms with Gasteiger partial charge in [0.15, 0.2) is 0 Å². The summed E-state index contributed by atoms with van der Waals surface area (Å²) in [5.41, 5.74) is 3.19. The molecule has 0 aliphatic carbocycles. The van der Waals surface area contributed by atoms with Gasteiger partial charge in [-0.1, -0.05) is 108 Å². The van der Waals surface area contributed by atoms with Crippen molar-refractivity contribution < 1.29 is 0 Å². The van der Waals surface area contributed by atoms with Crippen LogP contribution in [0.25, 0.3) is 10.8 Å². The average molecular weight is 353 g/mol. The molecule has 0 saturated carbocycles. The van der Waals surface area contributed by atoms with Gasteiger partial charge in [-0.3, -0.25) is 0 Å². The van der Waals surface area contributed by atoms with Crippen molar-refractivity contribution in [3.63, 3.8) is 0 Å². The molecule has 132 valence electrons. The van der Waals surface area contributed by atoms with Gasteiger partial charge in [-0.05, 0) is 44.9 Å². The molecule has 0 nitrogen and oxygen atoms in total. The van der Waals surface area contributed by atoms with E-state index >= 15 is 0 Å². The van der Waals surface area contributed by atoms with Gasteiger partial charge in [0.1, 0.15) is 0 Å². The van der Waals surface area contributed by atoms with Crippen molar-refractivity contribution in [3.8, 4) is 0 Å². The number of hydrogen-bond donors (Lipinski definition) is 0. The summed E-state index contributed by atoms with van der Waals surface area (Å²) in [6.45, 7) is 13.3. The summed E-state index contributed by atoms with van der Waals surface area (Å²) in [6, 6.07) is 23.2. The van der Waals surface area contributed by atoms with Crippen LogP contribution in [-0.2, 0) is 10.8 Å². The molecule has 0 atom stereocenters. The lowest BCUT2D eigenvalue weighted by molar-refractivity contribution is 0.590. The molecule has 1 heteroatoms. The van der Waals surface area contributed by atoms with E-state index in [-0.39, 0.29) is 10.8 Å². The van der Waals surface area contributed by atoms with E-state index < -0.39 is 0 Å².